The number of rotatable bonds is 2. The van der Waals surface area contributed by atoms with Crippen molar-refractivity contribution in [1.82, 2.24) is 10.3 Å². The monoisotopic (exact) mass is 228 g/mol. The first-order chi connectivity index (χ1) is 8.28. The highest BCUT2D eigenvalue weighted by molar-refractivity contribution is 5.85. The van der Waals surface area contributed by atoms with Crippen LogP contribution in [0.1, 0.15) is 24.6 Å². The number of hydrogen-bond donors (Lipinski definition) is 2. The van der Waals surface area contributed by atoms with Gasteiger partial charge in [0.15, 0.2) is 0 Å². The summed E-state index contributed by atoms with van der Waals surface area (Å²) in [4.78, 5) is 14.8. The minimum absolute atomic E-state index is 0.143. The highest BCUT2D eigenvalue weighted by Crippen LogP contribution is 2.29. The maximum Gasteiger partial charge on any atom is 0.219 e. The van der Waals surface area contributed by atoms with E-state index in [1.54, 1.807) is 0 Å². The number of para-hydroxylation sites is 1. The second-order valence-corrected chi connectivity index (χ2v) is 4.65. The van der Waals surface area contributed by atoms with Crippen molar-refractivity contribution >= 4 is 16.8 Å². The molecule has 3 nitrogen and oxygen atoms in total. The summed E-state index contributed by atoms with van der Waals surface area (Å²) in [7, 11) is 0. The lowest BCUT2D eigenvalue weighted by Crippen LogP contribution is -2.34. The highest BCUT2D eigenvalue weighted by atomic mass is 16.1. The molecule has 1 amide bonds. The van der Waals surface area contributed by atoms with Gasteiger partial charge >= 0.3 is 0 Å². The molecule has 0 aliphatic heterocycles. The molecule has 1 aromatic heterocycles. The van der Waals surface area contributed by atoms with Gasteiger partial charge in [-0.1, -0.05) is 25.1 Å². The summed E-state index contributed by atoms with van der Waals surface area (Å²) in [6.45, 7) is 1.89. The SMILES string of the molecule is CCC(=O)NC1Cc2[nH]c3ccccc3c2C1. The van der Waals surface area contributed by atoms with Crippen LogP contribution in [-0.4, -0.2) is 16.9 Å². The summed E-state index contributed by atoms with van der Waals surface area (Å²) in [6.07, 6.45) is 2.44. The Bertz CT molecular complexity index is 571. The van der Waals surface area contributed by atoms with Crippen LogP contribution in [-0.2, 0) is 17.6 Å². The van der Waals surface area contributed by atoms with E-state index in [-0.39, 0.29) is 11.9 Å². The van der Waals surface area contributed by atoms with Gasteiger partial charge in [-0.05, 0) is 18.1 Å². The molecule has 0 saturated heterocycles. The first-order valence-electron chi connectivity index (χ1n) is 6.15. The number of amides is 1. The minimum atomic E-state index is 0.143. The Labute approximate surface area is 100 Å². The van der Waals surface area contributed by atoms with Gasteiger partial charge < -0.3 is 10.3 Å². The van der Waals surface area contributed by atoms with Crippen molar-refractivity contribution in [3.05, 3.63) is 35.5 Å². The van der Waals surface area contributed by atoms with Crippen molar-refractivity contribution in [3.63, 3.8) is 0 Å². The molecule has 3 heteroatoms. The van der Waals surface area contributed by atoms with Gasteiger partial charge in [0.25, 0.3) is 0 Å². The number of nitrogens with one attached hydrogen (secondary N) is 2. The topological polar surface area (TPSA) is 44.9 Å². The van der Waals surface area contributed by atoms with E-state index in [4.69, 9.17) is 0 Å². The second-order valence-electron chi connectivity index (χ2n) is 4.65. The summed E-state index contributed by atoms with van der Waals surface area (Å²) >= 11 is 0. The van der Waals surface area contributed by atoms with Gasteiger partial charge in [0.2, 0.25) is 5.91 Å². The largest absolute Gasteiger partial charge is 0.358 e. The molecule has 1 aliphatic carbocycles. The molecule has 1 aliphatic rings. The molecule has 17 heavy (non-hydrogen) atoms. The van der Waals surface area contributed by atoms with Crippen molar-refractivity contribution in [3.8, 4) is 0 Å². The third-order valence-corrected chi connectivity index (χ3v) is 3.49. The number of hydrogen-bond acceptors (Lipinski definition) is 1. The summed E-state index contributed by atoms with van der Waals surface area (Å²) in [5, 5.41) is 4.37. The Morgan fingerprint density at radius 1 is 1.41 bits per heavy atom. The third kappa shape index (κ3) is 1.71. The highest BCUT2D eigenvalue weighted by Gasteiger charge is 2.25. The molecule has 0 bridgehead atoms. The molecule has 0 spiro atoms. The fraction of sp³-hybridized carbons (Fsp3) is 0.357. The zero-order valence-corrected chi connectivity index (χ0v) is 9.92. The Kier molecular flexibility index (Phi) is 2.39. The molecular weight excluding hydrogens is 212 g/mol. The van der Waals surface area contributed by atoms with Gasteiger partial charge in [0, 0.05) is 35.5 Å². The molecule has 2 N–H and O–H groups in total. The van der Waals surface area contributed by atoms with E-state index >= 15 is 0 Å². The van der Waals surface area contributed by atoms with E-state index in [0.717, 1.165) is 12.8 Å². The Hall–Kier alpha value is -1.77. The number of aromatic nitrogens is 1. The van der Waals surface area contributed by atoms with Gasteiger partial charge in [-0.25, -0.2) is 0 Å². The van der Waals surface area contributed by atoms with E-state index in [0.29, 0.717) is 6.42 Å². The van der Waals surface area contributed by atoms with Crippen LogP contribution in [0.5, 0.6) is 0 Å². The van der Waals surface area contributed by atoms with Gasteiger partial charge in [0.1, 0.15) is 0 Å². The predicted molar refractivity (Wildman–Crippen MR) is 67.9 cm³/mol. The molecule has 0 fully saturated rings. The number of fused-ring (bicyclic) bond motifs is 3. The van der Waals surface area contributed by atoms with Crippen molar-refractivity contribution in [1.29, 1.82) is 0 Å². The molecule has 1 unspecified atom stereocenters. The van der Waals surface area contributed by atoms with Crippen molar-refractivity contribution in [2.24, 2.45) is 0 Å². The van der Waals surface area contributed by atoms with Crippen LogP contribution in [0.3, 0.4) is 0 Å². The van der Waals surface area contributed by atoms with Gasteiger partial charge in [-0.2, -0.15) is 0 Å². The maximum absolute atomic E-state index is 11.4. The number of carbonyl (C=O) groups is 1. The fourth-order valence-electron chi connectivity index (χ4n) is 2.66. The molecule has 2 aromatic rings. The number of benzene rings is 1. The smallest absolute Gasteiger partial charge is 0.219 e. The van der Waals surface area contributed by atoms with Crippen LogP contribution in [0.4, 0.5) is 0 Å². The summed E-state index contributed by atoms with van der Waals surface area (Å²) in [6, 6.07) is 8.63. The number of carbonyl (C=O) groups excluding carboxylic acids is 1. The van der Waals surface area contributed by atoms with E-state index in [1.807, 2.05) is 13.0 Å². The first kappa shape index (κ1) is 10.4. The standard InChI is InChI=1S/C14H16N2O/c1-2-14(17)15-9-7-11-10-5-3-4-6-12(10)16-13(11)8-9/h3-6,9,16H,2,7-8H2,1H3,(H,15,17). The van der Waals surface area contributed by atoms with Crippen LogP contribution < -0.4 is 5.32 Å². The Balaban J connectivity index is 1.87. The van der Waals surface area contributed by atoms with E-state index in [1.165, 1.54) is 22.2 Å². The van der Waals surface area contributed by atoms with Crippen LogP contribution in [0.2, 0.25) is 0 Å². The van der Waals surface area contributed by atoms with E-state index in [9.17, 15) is 4.79 Å². The van der Waals surface area contributed by atoms with Gasteiger partial charge in [-0.3, -0.25) is 4.79 Å². The normalized spacial score (nSPS) is 18.3. The van der Waals surface area contributed by atoms with Crippen molar-refractivity contribution in [2.75, 3.05) is 0 Å². The molecule has 88 valence electrons. The van der Waals surface area contributed by atoms with Gasteiger partial charge in [-0.15, -0.1) is 0 Å². The third-order valence-electron chi connectivity index (χ3n) is 3.49. The molecule has 3 rings (SSSR count). The molecule has 0 saturated carbocycles. The van der Waals surface area contributed by atoms with Crippen molar-refractivity contribution in [2.45, 2.75) is 32.2 Å². The fourth-order valence-corrected chi connectivity index (χ4v) is 2.66. The molecule has 0 radical (unpaired) electrons. The lowest BCUT2D eigenvalue weighted by molar-refractivity contribution is -0.121. The van der Waals surface area contributed by atoms with Crippen LogP contribution >= 0.6 is 0 Å². The lowest BCUT2D eigenvalue weighted by Gasteiger charge is -2.11. The quantitative estimate of drug-likeness (QED) is 0.813. The zero-order valence-electron chi connectivity index (χ0n) is 9.92. The molecule has 1 atom stereocenters. The van der Waals surface area contributed by atoms with Crippen LogP contribution in [0, 0.1) is 0 Å². The lowest BCUT2D eigenvalue weighted by atomic mass is 10.1. The summed E-state index contributed by atoms with van der Waals surface area (Å²) in [5.74, 6) is 0.143. The maximum atomic E-state index is 11.4. The second kappa shape index (κ2) is 3.91. The Morgan fingerprint density at radius 2 is 2.24 bits per heavy atom. The summed E-state index contributed by atoms with van der Waals surface area (Å²) < 4.78 is 0. The predicted octanol–water partition coefficient (Wildman–Crippen LogP) is 2.16. The average Bonchev–Trinajstić information content (AvgIpc) is 2.85. The van der Waals surface area contributed by atoms with Crippen LogP contribution in [0.25, 0.3) is 10.9 Å². The van der Waals surface area contributed by atoms with E-state index in [2.05, 4.69) is 28.5 Å². The van der Waals surface area contributed by atoms with Gasteiger partial charge in [0.05, 0.1) is 0 Å². The minimum Gasteiger partial charge on any atom is -0.358 e. The number of aromatic amines is 1. The van der Waals surface area contributed by atoms with Crippen molar-refractivity contribution < 1.29 is 4.79 Å². The molecule has 1 aromatic carbocycles. The average molecular weight is 228 g/mol. The first-order valence-corrected chi connectivity index (χ1v) is 6.15. The Morgan fingerprint density at radius 3 is 3.06 bits per heavy atom. The van der Waals surface area contributed by atoms with Crippen LogP contribution in [0.15, 0.2) is 24.3 Å². The zero-order chi connectivity index (χ0) is 11.8. The van der Waals surface area contributed by atoms with E-state index < -0.39 is 0 Å². The number of H-pyrrole nitrogens is 1. The molecular formula is C14H16N2O. The summed E-state index contributed by atoms with van der Waals surface area (Å²) in [5.41, 5.74) is 3.87. The molecule has 1 heterocycles.